The fraction of sp³-hybridized carbons (Fsp3) is 0.812. The SMILES string of the molecule is CN(O)C(=O)CN1C(=O)CNC2(C1=O)C1CC3CC(C1)CC2C3. The monoisotopic (exact) mass is 321 g/mol. The van der Waals surface area contributed by atoms with Gasteiger partial charge in [-0.05, 0) is 55.8 Å². The molecule has 0 radical (unpaired) electrons. The van der Waals surface area contributed by atoms with Crippen LogP contribution in [0.5, 0.6) is 0 Å². The fourth-order valence-electron chi connectivity index (χ4n) is 5.69. The second kappa shape index (κ2) is 5.01. The largest absolute Gasteiger partial charge is 0.294 e. The van der Waals surface area contributed by atoms with Crippen LogP contribution in [0.15, 0.2) is 0 Å². The zero-order chi connectivity index (χ0) is 16.4. The molecule has 0 aromatic rings. The van der Waals surface area contributed by atoms with Crippen molar-refractivity contribution < 1.29 is 19.6 Å². The van der Waals surface area contributed by atoms with Crippen molar-refractivity contribution in [2.45, 2.75) is 37.6 Å². The molecule has 0 aromatic heterocycles. The molecule has 0 atom stereocenters. The molecule has 5 fully saturated rings. The number of likely N-dealkylation sites (N-methyl/N-ethyl adjacent to an activating group) is 1. The number of imide groups is 1. The lowest BCUT2D eigenvalue weighted by Gasteiger charge is -2.62. The van der Waals surface area contributed by atoms with Gasteiger partial charge >= 0.3 is 0 Å². The van der Waals surface area contributed by atoms with Crippen LogP contribution in [0.1, 0.15) is 32.1 Å². The third-order valence-corrected chi connectivity index (χ3v) is 6.51. The Hall–Kier alpha value is -1.47. The molecule has 1 spiro atoms. The van der Waals surface area contributed by atoms with E-state index in [9.17, 15) is 19.6 Å². The number of amides is 3. The van der Waals surface area contributed by atoms with Gasteiger partial charge < -0.3 is 0 Å². The Morgan fingerprint density at radius 3 is 2.30 bits per heavy atom. The van der Waals surface area contributed by atoms with E-state index in [0.717, 1.165) is 30.6 Å². The number of carbonyl (C=O) groups is 3. The van der Waals surface area contributed by atoms with Gasteiger partial charge in [-0.3, -0.25) is 29.8 Å². The summed E-state index contributed by atoms with van der Waals surface area (Å²) in [5.41, 5.74) is -0.671. The van der Waals surface area contributed by atoms with Crippen LogP contribution in [0.25, 0.3) is 0 Å². The van der Waals surface area contributed by atoms with Crippen molar-refractivity contribution in [2.24, 2.45) is 23.7 Å². The minimum absolute atomic E-state index is 0.0937. The van der Waals surface area contributed by atoms with Gasteiger partial charge in [-0.2, -0.15) is 0 Å². The highest BCUT2D eigenvalue weighted by atomic mass is 16.5. The minimum Gasteiger partial charge on any atom is -0.294 e. The molecule has 1 heterocycles. The average Bonchev–Trinajstić information content (AvgIpc) is 2.49. The van der Waals surface area contributed by atoms with Gasteiger partial charge in [-0.1, -0.05) is 0 Å². The number of hydrogen-bond acceptors (Lipinski definition) is 5. The number of nitrogens with zero attached hydrogens (tertiary/aromatic N) is 2. The van der Waals surface area contributed by atoms with Crippen molar-refractivity contribution in [3.63, 3.8) is 0 Å². The van der Waals surface area contributed by atoms with Gasteiger partial charge in [0.25, 0.3) is 11.8 Å². The molecule has 3 amide bonds. The van der Waals surface area contributed by atoms with E-state index in [1.54, 1.807) is 0 Å². The lowest BCUT2D eigenvalue weighted by Crippen LogP contribution is -2.76. The summed E-state index contributed by atoms with van der Waals surface area (Å²) in [5, 5.41) is 13.0. The van der Waals surface area contributed by atoms with Crippen LogP contribution in [0.3, 0.4) is 0 Å². The second-order valence-corrected chi connectivity index (χ2v) is 7.73. The summed E-state index contributed by atoms with van der Waals surface area (Å²) in [6.07, 6.45) is 5.46. The first-order valence-electron chi connectivity index (χ1n) is 8.47. The van der Waals surface area contributed by atoms with Crippen LogP contribution in [0, 0.1) is 23.7 Å². The molecule has 1 saturated heterocycles. The average molecular weight is 321 g/mol. The third kappa shape index (κ3) is 2.06. The van der Waals surface area contributed by atoms with Crippen molar-refractivity contribution in [3.05, 3.63) is 0 Å². The Morgan fingerprint density at radius 2 is 1.78 bits per heavy atom. The van der Waals surface area contributed by atoms with Crippen molar-refractivity contribution in [2.75, 3.05) is 20.1 Å². The smallest absolute Gasteiger partial charge is 0.265 e. The molecule has 5 aliphatic rings. The minimum atomic E-state index is -0.671. The van der Waals surface area contributed by atoms with Crippen molar-refractivity contribution in [3.8, 4) is 0 Å². The number of carbonyl (C=O) groups excluding carboxylic acids is 3. The summed E-state index contributed by atoms with van der Waals surface area (Å²) < 4.78 is 0. The molecule has 1 aliphatic heterocycles. The number of hydroxylamine groups is 2. The van der Waals surface area contributed by atoms with E-state index >= 15 is 0 Å². The van der Waals surface area contributed by atoms with Crippen LogP contribution in [-0.4, -0.2) is 58.6 Å². The Kier molecular flexibility index (Phi) is 3.29. The molecule has 0 aromatic carbocycles. The van der Waals surface area contributed by atoms with E-state index in [-0.39, 0.29) is 36.7 Å². The molecule has 4 saturated carbocycles. The molecule has 126 valence electrons. The van der Waals surface area contributed by atoms with Crippen molar-refractivity contribution in [1.82, 2.24) is 15.3 Å². The maximum absolute atomic E-state index is 13.2. The highest BCUT2D eigenvalue weighted by molar-refractivity contribution is 6.06. The fourth-order valence-corrected chi connectivity index (χ4v) is 5.69. The predicted octanol–water partition coefficient (Wildman–Crippen LogP) is -0.0127. The number of piperazine rings is 1. The van der Waals surface area contributed by atoms with E-state index in [0.29, 0.717) is 16.9 Å². The molecule has 5 rings (SSSR count). The van der Waals surface area contributed by atoms with Crippen LogP contribution in [-0.2, 0) is 14.4 Å². The topological polar surface area (TPSA) is 89.9 Å². The van der Waals surface area contributed by atoms with Gasteiger partial charge in [0, 0.05) is 7.05 Å². The Morgan fingerprint density at radius 1 is 1.22 bits per heavy atom. The van der Waals surface area contributed by atoms with E-state index in [4.69, 9.17) is 0 Å². The summed E-state index contributed by atoms with van der Waals surface area (Å²) in [6.45, 7) is -0.281. The first-order valence-corrected chi connectivity index (χ1v) is 8.47. The molecule has 7 heteroatoms. The van der Waals surface area contributed by atoms with Crippen molar-refractivity contribution >= 4 is 17.7 Å². The zero-order valence-corrected chi connectivity index (χ0v) is 13.3. The summed E-state index contributed by atoms with van der Waals surface area (Å²) in [4.78, 5) is 38.2. The second-order valence-electron chi connectivity index (χ2n) is 7.73. The maximum atomic E-state index is 13.2. The molecule has 23 heavy (non-hydrogen) atoms. The lowest BCUT2D eigenvalue weighted by molar-refractivity contribution is -0.176. The van der Waals surface area contributed by atoms with Crippen LogP contribution >= 0.6 is 0 Å². The zero-order valence-electron chi connectivity index (χ0n) is 13.3. The lowest BCUT2D eigenvalue weighted by atomic mass is 9.48. The Labute approximate surface area is 134 Å². The van der Waals surface area contributed by atoms with E-state index in [2.05, 4.69) is 5.32 Å². The van der Waals surface area contributed by atoms with Gasteiger partial charge in [0.1, 0.15) is 12.1 Å². The van der Waals surface area contributed by atoms with E-state index in [1.165, 1.54) is 13.5 Å². The predicted molar refractivity (Wildman–Crippen MR) is 79.1 cm³/mol. The standard InChI is InChI=1S/C16H23N3O4/c1-18(23)14(21)8-19-13(20)7-17-16(15(19)22)11-3-9-2-10(5-11)6-12(16)4-9/h9-12,17,23H,2-8H2,1H3. The number of rotatable bonds is 2. The summed E-state index contributed by atoms with van der Waals surface area (Å²) in [6, 6.07) is 0. The quantitative estimate of drug-likeness (QED) is 0.424. The highest BCUT2D eigenvalue weighted by Gasteiger charge is 2.63. The van der Waals surface area contributed by atoms with Crippen LogP contribution < -0.4 is 5.32 Å². The van der Waals surface area contributed by atoms with Crippen molar-refractivity contribution in [1.29, 1.82) is 0 Å². The molecule has 4 bridgehead atoms. The molecule has 2 N–H and O–H groups in total. The molecular weight excluding hydrogens is 298 g/mol. The van der Waals surface area contributed by atoms with Gasteiger partial charge in [0.15, 0.2) is 0 Å². The summed E-state index contributed by atoms with van der Waals surface area (Å²) in [5.74, 6) is 0.686. The normalized spacial score (nSPS) is 41.7. The number of hydrogen-bond donors (Lipinski definition) is 2. The Bertz CT molecular complexity index is 546. The molecule has 0 unspecified atom stereocenters. The van der Waals surface area contributed by atoms with Crippen LogP contribution in [0.2, 0.25) is 0 Å². The number of nitrogens with one attached hydrogen (secondary N) is 1. The van der Waals surface area contributed by atoms with E-state index in [1.807, 2.05) is 0 Å². The Balaban J connectivity index is 1.63. The first kappa shape index (κ1) is 15.1. The van der Waals surface area contributed by atoms with Gasteiger partial charge in [-0.15, -0.1) is 0 Å². The van der Waals surface area contributed by atoms with E-state index < -0.39 is 11.4 Å². The molecule has 7 nitrogen and oxygen atoms in total. The van der Waals surface area contributed by atoms with Gasteiger partial charge in [-0.25, -0.2) is 5.06 Å². The van der Waals surface area contributed by atoms with Gasteiger partial charge in [0.05, 0.1) is 6.54 Å². The summed E-state index contributed by atoms with van der Waals surface area (Å²) >= 11 is 0. The highest BCUT2D eigenvalue weighted by Crippen LogP contribution is 2.59. The maximum Gasteiger partial charge on any atom is 0.265 e. The third-order valence-electron chi connectivity index (χ3n) is 6.51. The first-order chi connectivity index (χ1) is 10.9. The summed E-state index contributed by atoms with van der Waals surface area (Å²) in [7, 11) is 1.21. The molecular formula is C16H23N3O4. The molecule has 4 aliphatic carbocycles. The van der Waals surface area contributed by atoms with Gasteiger partial charge in [0.2, 0.25) is 5.91 Å². The van der Waals surface area contributed by atoms with Crippen LogP contribution in [0.4, 0.5) is 0 Å².